The molecule has 3 aromatic heterocycles. The molecule has 5 heterocycles. The van der Waals surface area contributed by atoms with Crippen molar-refractivity contribution in [3.05, 3.63) is 69.3 Å². The molecule has 11 heteroatoms. The first-order chi connectivity index (χ1) is 20.8. The van der Waals surface area contributed by atoms with Crippen molar-refractivity contribution < 1.29 is 30.0 Å². The van der Waals surface area contributed by atoms with E-state index in [0.29, 0.717) is 44.9 Å². The Morgan fingerprint density at radius 3 is 1.82 bits per heavy atom. The topological polar surface area (TPSA) is 172 Å². The number of hydrogen-bond donors (Lipinski definition) is 6. The number of carboxylic acid groups (broad SMARTS) is 2. The van der Waals surface area contributed by atoms with Gasteiger partial charge in [0.25, 0.3) is 0 Å². The van der Waals surface area contributed by atoms with Crippen LogP contribution in [0.5, 0.6) is 0 Å². The summed E-state index contributed by atoms with van der Waals surface area (Å²) < 4.78 is 0. The van der Waals surface area contributed by atoms with Crippen molar-refractivity contribution in [2.45, 2.75) is 79.4 Å². The number of aromatic amines is 2. The molecule has 0 saturated heterocycles. The molecule has 10 nitrogen and oxygen atoms in total. The number of nitrogens with one attached hydrogen (secondary N) is 2. The van der Waals surface area contributed by atoms with Crippen LogP contribution in [0.15, 0.2) is 24.3 Å². The predicted molar refractivity (Wildman–Crippen MR) is 178 cm³/mol. The number of H-pyrrole nitrogens is 2. The van der Waals surface area contributed by atoms with Crippen molar-refractivity contribution in [1.29, 1.82) is 0 Å². The number of aliphatic hydroxyl groups excluding tert-OH is 2. The van der Waals surface area contributed by atoms with Crippen molar-refractivity contribution in [3.8, 4) is 0 Å². The summed E-state index contributed by atoms with van der Waals surface area (Å²) in [6.07, 6.45) is -1.16. The second-order valence-corrected chi connectivity index (χ2v) is 11.7. The van der Waals surface area contributed by atoms with Gasteiger partial charge in [0.05, 0.1) is 35.0 Å². The fourth-order valence-electron chi connectivity index (χ4n) is 6.31. The molecule has 232 valence electrons. The van der Waals surface area contributed by atoms with E-state index in [1.807, 2.05) is 52.0 Å². The minimum atomic E-state index is -0.917. The SMILES string of the molecule is CC1=C(CCC(=O)O)c2cc3[nH]c(cc4nc(cc5[nH]c(cc1n2)c(C(C)O)c5C)C(C(C)O)=C4C)c(C)c3CCC(=O)O.[NaH]. The van der Waals surface area contributed by atoms with Gasteiger partial charge >= 0.3 is 41.5 Å². The van der Waals surface area contributed by atoms with E-state index in [1.54, 1.807) is 13.8 Å². The van der Waals surface area contributed by atoms with Gasteiger partial charge in [-0.05, 0) is 112 Å². The van der Waals surface area contributed by atoms with Gasteiger partial charge in [0.15, 0.2) is 0 Å². The third-order valence-corrected chi connectivity index (χ3v) is 8.65. The normalized spacial score (nSPS) is 14.4. The molecule has 0 saturated carbocycles. The Balaban J connectivity index is 0.00000461. The molecule has 0 radical (unpaired) electrons. The van der Waals surface area contributed by atoms with Crippen molar-refractivity contribution in [2.24, 2.45) is 0 Å². The van der Waals surface area contributed by atoms with E-state index in [0.717, 1.165) is 44.4 Å². The fourth-order valence-corrected chi connectivity index (χ4v) is 6.31. The van der Waals surface area contributed by atoms with Crippen LogP contribution in [0.25, 0.3) is 44.4 Å². The molecule has 2 unspecified atom stereocenters. The number of aryl methyl sites for hydroxylation is 3. The second kappa shape index (κ2) is 13.4. The van der Waals surface area contributed by atoms with Crippen LogP contribution in [-0.4, -0.2) is 88.0 Å². The zero-order chi connectivity index (χ0) is 32.0. The number of fused-ring (bicyclic) bond motifs is 8. The number of hydrogen-bond acceptors (Lipinski definition) is 6. The molecular formula is C34H39N4NaO6. The Kier molecular flexibility index (Phi) is 10.3. The zero-order valence-corrected chi connectivity index (χ0v) is 25.8. The van der Waals surface area contributed by atoms with Crippen LogP contribution in [0.3, 0.4) is 0 Å². The maximum absolute atomic E-state index is 11.6. The molecular weight excluding hydrogens is 583 g/mol. The number of carbonyl (C=O) groups is 2. The molecule has 0 aliphatic carbocycles. The molecule has 8 bridgehead atoms. The summed E-state index contributed by atoms with van der Waals surface area (Å²) in [4.78, 5) is 39.8. The molecule has 0 spiro atoms. The number of nitrogens with zero attached hydrogens (tertiary/aromatic N) is 2. The number of aliphatic hydroxyl groups is 2. The van der Waals surface area contributed by atoms with Gasteiger partial charge in [0, 0.05) is 46.0 Å². The van der Waals surface area contributed by atoms with Gasteiger partial charge in [-0.1, -0.05) is 0 Å². The van der Waals surface area contributed by atoms with Crippen molar-refractivity contribution in [2.75, 3.05) is 0 Å². The fraction of sp³-hybridized carbons (Fsp3) is 0.353. The third kappa shape index (κ3) is 6.71. The molecule has 6 N–H and O–H groups in total. The van der Waals surface area contributed by atoms with Gasteiger partial charge in [-0.25, -0.2) is 9.97 Å². The summed E-state index contributed by atoms with van der Waals surface area (Å²) in [6, 6.07) is 7.51. The van der Waals surface area contributed by atoms with E-state index >= 15 is 0 Å². The van der Waals surface area contributed by atoms with Crippen LogP contribution in [-0.2, 0) is 16.0 Å². The number of allylic oxidation sites excluding steroid dienone is 3. The van der Waals surface area contributed by atoms with E-state index < -0.39 is 24.1 Å². The molecule has 0 aromatic carbocycles. The van der Waals surface area contributed by atoms with Crippen molar-refractivity contribution in [3.63, 3.8) is 0 Å². The van der Waals surface area contributed by atoms with E-state index in [2.05, 4.69) is 9.97 Å². The summed E-state index contributed by atoms with van der Waals surface area (Å²) in [7, 11) is 0. The Hall–Kier alpha value is -3.54. The average Bonchev–Trinajstić information content (AvgIpc) is 3.59. The summed E-state index contributed by atoms with van der Waals surface area (Å²) >= 11 is 0. The second-order valence-electron chi connectivity index (χ2n) is 11.7. The Bertz CT molecular complexity index is 1930. The summed E-state index contributed by atoms with van der Waals surface area (Å²) in [5.41, 5.74) is 11.7. The van der Waals surface area contributed by atoms with Gasteiger partial charge in [-0.2, -0.15) is 0 Å². The monoisotopic (exact) mass is 622 g/mol. The quantitative estimate of drug-likeness (QED) is 0.180. The Labute approximate surface area is 283 Å². The Morgan fingerprint density at radius 1 is 0.689 bits per heavy atom. The summed E-state index contributed by atoms with van der Waals surface area (Å²) in [5.74, 6) is -1.83. The summed E-state index contributed by atoms with van der Waals surface area (Å²) in [6.45, 7) is 11.1. The first kappa shape index (κ1) is 34.3. The molecule has 45 heavy (non-hydrogen) atoms. The van der Waals surface area contributed by atoms with Gasteiger partial charge in [-0.15, -0.1) is 0 Å². The number of rotatable bonds is 8. The zero-order valence-electron chi connectivity index (χ0n) is 25.8. The predicted octanol–water partition coefficient (Wildman–Crippen LogP) is 5.46. The summed E-state index contributed by atoms with van der Waals surface area (Å²) in [5, 5.41) is 40.5. The standard InChI is InChI=1S/C34H38N4O6.Na.H/c1-15-21(7-9-31(41)42)27-14-28-22(8-10-32(43)44)16(2)24(36-28)12-29-34(20(6)40)18(4)26(38-29)13-30-33(19(5)39)17(3)25(37-30)11-23(15)35-27;;/h11-14,19-20,35,38-40H,7-10H2,1-6H3,(H,41,42)(H,43,44);;. The van der Waals surface area contributed by atoms with Crippen LogP contribution in [0.2, 0.25) is 0 Å². The first-order valence-electron chi connectivity index (χ1n) is 14.7. The van der Waals surface area contributed by atoms with Crippen LogP contribution in [0, 0.1) is 13.8 Å². The molecule has 2 aliphatic heterocycles. The van der Waals surface area contributed by atoms with Gasteiger partial charge in [-0.3, -0.25) is 9.59 Å². The van der Waals surface area contributed by atoms with Crippen LogP contribution >= 0.6 is 0 Å². The molecule has 5 rings (SSSR count). The number of carboxylic acids is 2. The van der Waals surface area contributed by atoms with Crippen LogP contribution < -0.4 is 0 Å². The molecule has 3 aromatic rings. The van der Waals surface area contributed by atoms with E-state index in [1.165, 1.54) is 0 Å². The molecule has 2 aliphatic rings. The van der Waals surface area contributed by atoms with E-state index in [-0.39, 0.29) is 55.2 Å². The number of aromatic nitrogens is 4. The van der Waals surface area contributed by atoms with Gasteiger partial charge in [0.2, 0.25) is 0 Å². The maximum atomic E-state index is 11.6. The van der Waals surface area contributed by atoms with Crippen molar-refractivity contribution >= 4 is 85.9 Å². The molecule has 2 atom stereocenters. The molecule has 0 fully saturated rings. The Morgan fingerprint density at radius 2 is 1.20 bits per heavy atom. The van der Waals surface area contributed by atoms with E-state index in [9.17, 15) is 30.0 Å². The van der Waals surface area contributed by atoms with Crippen molar-refractivity contribution in [1.82, 2.24) is 19.9 Å². The number of aliphatic carboxylic acids is 2. The van der Waals surface area contributed by atoms with Crippen LogP contribution in [0.4, 0.5) is 0 Å². The van der Waals surface area contributed by atoms with Crippen LogP contribution in [0.1, 0.15) is 98.1 Å². The van der Waals surface area contributed by atoms with E-state index in [4.69, 9.17) is 9.97 Å². The van der Waals surface area contributed by atoms with Gasteiger partial charge in [0.1, 0.15) is 0 Å². The molecule has 0 amide bonds. The third-order valence-electron chi connectivity index (χ3n) is 8.65. The minimum absolute atomic E-state index is 0. The first-order valence-corrected chi connectivity index (χ1v) is 14.7. The van der Waals surface area contributed by atoms with Gasteiger partial charge < -0.3 is 30.4 Å². The average molecular weight is 623 g/mol.